The Hall–Kier alpha value is -2.61. The van der Waals surface area contributed by atoms with E-state index in [1.165, 1.54) is 54.9 Å². The second-order valence-electron chi connectivity index (χ2n) is 8.44. The Labute approximate surface area is 159 Å². The molecule has 2 heteroatoms. The molecule has 7 rings (SSSR count). The molecule has 0 unspecified atom stereocenters. The van der Waals surface area contributed by atoms with Gasteiger partial charge in [-0.2, -0.15) is 0 Å². The van der Waals surface area contributed by atoms with Gasteiger partial charge in [0.15, 0.2) is 0 Å². The van der Waals surface area contributed by atoms with Gasteiger partial charge in [-0.3, -0.25) is 4.98 Å². The first-order valence-corrected chi connectivity index (χ1v) is 10.2. The van der Waals surface area contributed by atoms with Gasteiger partial charge in [0.2, 0.25) is 0 Å². The van der Waals surface area contributed by atoms with E-state index in [0.717, 1.165) is 28.3 Å². The number of hydrogen-bond acceptors (Lipinski definition) is 2. The third-order valence-corrected chi connectivity index (χ3v) is 7.13. The fourth-order valence-electron chi connectivity index (χ4n) is 5.61. The molecule has 2 heterocycles. The number of nitrogens with zero attached hydrogens (tertiary/aromatic N) is 1. The highest BCUT2D eigenvalue weighted by atomic mass is 16.3. The maximum Gasteiger partial charge on any atom is 0.144 e. The molecule has 27 heavy (non-hydrogen) atoms. The molecule has 4 aromatic rings. The van der Waals surface area contributed by atoms with Crippen LogP contribution < -0.4 is 0 Å². The summed E-state index contributed by atoms with van der Waals surface area (Å²) in [6.07, 6.45) is 9.96. The number of rotatable bonds is 2. The number of aromatic nitrogens is 1. The van der Waals surface area contributed by atoms with Crippen LogP contribution in [0.1, 0.15) is 44.1 Å². The number of fused-ring (bicyclic) bond motifs is 6. The third-order valence-electron chi connectivity index (χ3n) is 7.13. The molecule has 0 amide bonds. The quantitative estimate of drug-likeness (QED) is 0.393. The van der Waals surface area contributed by atoms with Gasteiger partial charge in [0.25, 0.3) is 0 Å². The lowest BCUT2D eigenvalue weighted by Crippen LogP contribution is -2.37. The molecule has 3 aliphatic carbocycles. The van der Waals surface area contributed by atoms with Gasteiger partial charge in [-0.25, -0.2) is 0 Å². The van der Waals surface area contributed by atoms with Crippen LogP contribution in [0.3, 0.4) is 0 Å². The monoisotopic (exact) mass is 353 g/mol. The molecule has 0 spiro atoms. The Morgan fingerprint density at radius 1 is 0.778 bits per heavy atom. The molecular formula is C25H23NO. The fraction of sp³-hybridized carbons (Fsp3) is 0.320. The molecule has 2 aromatic carbocycles. The zero-order chi connectivity index (χ0) is 17.8. The summed E-state index contributed by atoms with van der Waals surface area (Å²) in [5.41, 5.74) is 5.91. The number of benzene rings is 2. The third kappa shape index (κ3) is 2.22. The standard InChI is InChI=1S/C25H23NO/c1-2-16-26-22(9-1)20-7-3-5-18-19-6-4-8-21(24(19)27-23(18)20)25-13-10-17(11-14-25)12-15-25/h1-9,16-17H,10-15H2. The van der Waals surface area contributed by atoms with Crippen molar-refractivity contribution in [2.24, 2.45) is 5.92 Å². The van der Waals surface area contributed by atoms with Crippen molar-refractivity contribution >= 4 is 21.9 Å². The van der Waals surface area contributed by atoms with Gasteiger partial charge in [0, 0.05) is 28.1 Å². The fourth-order valence-corrected chi connectivity index (χ4v) is 5.61. The average Bonchev–Trinajstić information content (AvgIpc) is 3.14. The van der Waals surface area contributed by atoms with Crippen LogP contribution in [-0.4, -0.2) is 4.98 Å². The highest BCUT2D eigenvalue weighted by molar-refractivity contribution is 6.10. The number of furan rings is 1. The van der Waals surface area contributed by atoms with E-state index in [-0.39, 0.29) is 0 Å². The highest BCUT2D eigenvalue weighted by Crippen LogP contribution is 2.53. The van der Waals surface area contributed by atoms with Crippen LogP contribution in [0.5, 0.6) is 0 Å². The molecule has 3 fully saturated rings. The predicted octanol–water partition coefficient (Wildman–Crippen LogP) is 6.87. The zero-order valence-corrected chi connectivity index (χ0v) is 15.4. The van der Waals surface area contributed by atoms with E-state index in [1.807, 2.05) is 18.3 Å². The van der Waals surface area contributed by atoms with Crippen LogP contribution in [0.4, 0.5) is 0 Å². The summed E-state index contributed by atoms with van der Waals surface area (Å²) in [5.74, 6) is 0.970. The molecule has 134 valence electrons. The van der Waals surface area contributed by atoms with E-state index in [1.54, 1.807) is 0 Å². The van der Waals surface area contributed by atoms with Crippen LogP contribution in [0.25, 0.3) is 33.2 Å². The van der Waals surface area contributed by atoms with Crippen molar-refractivity contribution in [1.82, 2.24) is 4.98 Å². The lowest BCUT2D eigenvalue weighted by Gasteiger charge is -2.46. The van der Waals surface area contributed by atoms with Crippen molar-refractivity contribution in [2.75, 3.05) is 0 Å². The van der Waals surface area contributed by atoms with E-state index in [2.05, 4.69) is 47.4 Å². The van der Waals surface area contributed by atoms with E-state index < -0.39 is 0 Å². The second kappa shape index (κ2) is 5.69. The van der Waals surface area contributed by atoms with Crippen molar-refractivity contribution in [3.63, 3.8) is 0 Å². The number of hydrogen-bond donors (Lipinski definition) is 0. The maximum absolute atomic E-state index is 6.63. The smallest absolute Gasteiger partial charge is 0.144 e. The Balaban J connectivity index is 1.62. The van der Waals surface area contributed by atoms with Gasteiger partial charge in [-0.1, -0.05) is 36.4 Å². The number of pyridine rings is 1. The van der Waals surface area contributed by atoms with Crippen molar-refractivity contribution in [1.29, 1.82) is 0 Å². The average molecular weight is 353 g/mol. The van der Waals surface area contributed by atoms with Gasteiger partial charge in [-0.05, 0) is 68.1 Å². The molecule has 0 radical (unpaired) electrons. The second-order valence-corrected chi connectivity index (χ2v) is 8.44. The van der Waals surface area contributed by atoms with E-state index >= 15 is 0 Å². The Morgan fingerprint density at radius 2 is 1.52 bits per heavy atom. The van der Waals surface area contributed by atoms with Crippen LogP contribution in [0.2, 0.25) is 0 Å². The van der Waals surface area contributed by atoms with Gasteiger partial charge >= 0.3 is 0 Å². The minimum atomic E-state index is 0.327. The number of para-hydroxylation sites is 2. The first-order chi connectivity index (χ1) is 13.3. The minimum Gasteiger partial charge on any atom is -0.455 e. The summed E-state index contributed by atoms with van der Waals surface area (Å²) >= 11 is 0. The predicted molar refractivity (Wildman–Crippen MR) is 110 cm³/mol. The van der Waals surface area contributed by atoms with Crippen molar-refractivity contribution in [2.45, 2.75) is 43.9 Å². The summed E-state index contributed by atoms with van der Waals surface area (Å²) in [5, 5.41) is 2.46. The van der Waals surface area contributed by atoms with Gasteiger partial charge in [-0.15, -0.1) is 0 Å². The van der Waals surface area contributed by atoms with Crippen molar-refractivity contribution in [3.8, 4) is 11.3 Å². The molecule has 0 aliphatic heterocycles. The summed E-state index contributed by atoms with van der Waals surface area (Å²) in [4.78, 5) is 4.56. The van der Waals surface area contributed by atoms with Gasteiger partial charge in [0.1, 0.15) is 11.2 Å². The molecule has 3 saturated carbocycles. The first-order valence-electron chi connectivity index (χ1n) is 10.2. The Morgan fingerprint density at radius 3 is 2.26 bits per heavy atom. The van der Waals surface area contributed by atoms with Crippen LogP contribution in [0, 0.1) is 5.92 Å². The lowest BCUT2D eigenvalue weighted by atomic mass is 9.58. The van der Waals surface area contributed by atoms with Crippen molar-refractivity contribution < 1.29 is 4.42 Å². The maximum atomic E-state index is 6.63. The highest BCUT2D eigenvalue weighted by Gasteiger charge is 2.43. The molecule has 2 aromatic heterocycles. The summed E-state index contributed by atoms with van der Waals surface area (Å²) < 4.78 is 6.63. The summed E-state index contributed by atoms with van der Waals surface area (Å²) in [6, 6.07) is 19.3. The SMILES string of the molecule is c1ccc(-c2cccc3c2oc2c(C45CCC(CC4)CC5)cccc23)nc1. The molecule has 0 N–H and O–H groups in total. The van der Waals surface area contributed by atoms with Crippen LogP contribution >= 0.6 is 0 Å². The van der Waals surface area contributed by atoms with Crippen molar-refractivity contribution in [3.05, 3.63) is 66.4 Å². The van der Waals surface area contributed by atoms with Crippen LogP contribution in [0.15, 0.2) is 65.2 Å². The molecular weight excluding hydrogens is 330 g/mol. The Kier molecular flexibility index (Phi) is 3.26. The Bertz CT molecular complexity index is 1120. The molecule has 2 bridgehead atoms. The zero-order valence-electron chi connectivity index (χ0n) is 15.4. The normalized spacial score (nSPS) is 24.7. The summed E-state index contributed by atoms with van der Waals surface area (Å²) in [6.45, 7) is 0. The first kappa shape index (κ1) is 15.4. The largest absolute Gasteiger partial charge is 0.455 e. The van der Waals surface area contributed by atoms with Crippen LogP contribution in [-0.2, 0) is 5.41 Å². The minimum absolute atomic E-state index is 0.327. The summed E-state index contributed by atoms with van der Waals surface area (Å²) in [7, 11) is 0. The lowest BCUT2D eigenvalue weighted by molar-refractivity contribution is 0.136. The van der Waals surface area contributed by atoms with E-state index in [9.17, 15) is 0 Å². The molecule has 2 nitrogen and oxygen atoms in total. The topological polar surface area (TPSA) is 26.0 Å². The van der Waals surface area contributed by atoms with Gasteiger partial charge < -0.3 is 4.42 Å². The molecule has 0 atom stereocenters. The molecule has 3 aliphatic rings. The van der Waals surface area contributed by atoms with E-state index in [0.29, 0.717) is 5.41 Å². The molecule has 0 saturated heterocycles. The van der Waals surface area contributed by atoms with Gasteiger partial charge in [0.05, 0.1) is 5.69 Å². The van der Waals surface area contributed by atoms with E-state index in [4.69, 9.17) is 4.42 Å².